The monoisotopic (exact) mass is 292 g/mol. The number of carbonyl (C=O) groups excluding carboxylic acids is 1. The van der Waals surface area contributed by atoms with Crippen molar-refractivity contribution in [3.8, 4) is 5.75 Å². The molecule has 5 heteroatoms. The summed E-state index contributed by atoms with van der Waals surface area (Å²) >= 11 is 0. The summed E-state index contributed by atoms with van der Waals surface area (Å²) in [6.07, 6.45) is -0.129. The number of rotatable bonds is 5. The maximum absolute atomic E-state index is 13.6. The smallest absolute Gasteiger partial charge is 0.251 e. The zero-order valence-corrected chi connectivity index (χ0v) is 12.4. The second kappa shape index (κ2) is 5.64. The third-order valence-electron chi connectivity index (χ3n) is 4.32. The van der Waals surface area contributed by atoms with E-state index in [0.29, 0.717) is 18.0 Å². The Hall–Kier alpha value is -1.62. The van der Waals surface area contributed by atoms with Crippen LogP contribution >= 0.6 is 0 Å². The Morgan fingerprint density at radius 3 is 2.81 bits per heavy atom. The molecule has 114 valence electrons. The summed E-state index contributed by atoms with van der Waals surface area (Å²) < 4.78 is 19.0. The van der Waals surface area contributed by atoms with Crippen molar-refractivity contribution < 1.29 is 13.9 Å². The van der Waals surface area contributed by atoms with Crippen molar-refractivity contribution in [1.82, 2.24) is 10.6 Å². The first-order chi connectivity index (χ1) is 10.1. The minimum absolute atomic E-state index is 0.129. The van der Waals surface area contributed by atoms with E-state index in [4.69, 9.17) is 4.74 Å². The second-order valence-corrected chi connectivity index (χ2v) is 6.17. The van der Waals surface area contributed by atoms with Gasteiger partial charge in [-0.05, 0) is 62.9 Å². The van der Waals surface area contributed by atoms with Crippen molar-refractivity contribution in [2.45, 2.75) is 20.0 Å². The quantitative estimate of drug-likeness (QED) is 0.870. The molecule has 2 fully saturated rings. The molecule has 3 rings (SSSR count). The summed E-state index contributed by atoms with van der Waals surface area (Å²) in [5.41, 5.74) is 0.441. The Bertz CT molecular complexity index is 537. The van der Waals surface area contributed by atoms with E-state index in [1.54, 1.807) is 0 Å². The number of fused-ring (bicyclic) bond motifs is 1. The molecular weight excluding hydrogens is 271 g/mol. The van der Waals surface area contributed by atoms with Crippen LogP contribution in [0.3, 0.4) is 0 Å². The molecule has 0 spiro atoms. The maximum atomic E-state index is 13.6. The van der Waals surface area contributed by atoms with E-state index in [1.165, 1.54) is 18.2 Å². The third kappa shape index (κ3) is 3.02. The molecule has 2 aliphatic rings. The van der Waals surface area contributed by atoms with Crippen LogP contribution in [0.15, 0.2) is 18.2 Å². The van der Waals surface area contributed by atoms with E-state index in [0.717, 1.165) is 24.9 Å². The van der Waals surface area contributed by atoms with Gasteiger partial charge < -0.3 is 15.4 Å². The minimum Gasteiger partial charge on any atom is -0.488 e. The molecule has 2 N–H and O–H groups in total. The fourth-order valence-corrected chi connectivity index (χ4v) is 3.15. The first-order valence-corrected chi connectivity index (χ1v) is 7.51. The van der Waals surface area contributed by atoms with Crippen LogP contribution in [0, 0.1) is 23.6 Å². The van der Waals surface area contributed by atoms with Crippen molar-refractivity contribution in [2.24, 2.45) is 17.8 Å². The van der Waals surface area contributed by atoms with Gasteiger partial charge in [-0.3, -0.25) is 4.79 Å². The number of benzene rings is 1. The molecule has 1 aliphatic heterocycles. The molecule has 1 saturated heterocycles. The van der Waals surface area contributed by atoms with Crippen LogP contribution < -0.4 is 15.4 Å². The average molecular weight is 292 g/mol. The second-order valence-electron chi connectivity index (χ2n) is 6.17. The van der Waals surface area contributed by atoms with Crippen LogP contribution in [0.1, 0.15) is 24.2 Å². The van der Waals surface area contributed by atoms with Gasteiger partial charge in [0.15, 0.2) is 11.6 Å². The summed E-state index contributed by atoms with van der Waals surface area (Å²) in [7, 11) is 0. The molecule has 1 aromatic carbocycles. The van der Waals surface area contributed by atoms with Crippen LogP contribution in [0.5, 0.6) is 5.75 Å². The summed E-state index contributed by atoms with van der Waals surface area (Å²) in [5.74, 6) is 1.56. The molecule has 0 radical (unpaired) electrons. The van der Waals surface area contributed by atoms with Gasteiger partial charge in [0.2, 0.25) is 0 Å². The van der Waals surface area contributed by atoms with Crippen molar-refractivity contribution in [3.63, 3.8) is 0 Å². The van der Waals surface area contributed by atoms with Crippen molar-refractivity contribution in [1.29, 1.82) is 0 Å². The van der Waals surface area contributed by atoms with Crippen LogP contribution in [0.25, 0.3) is 0 Å². The van der Waals surface area contributed by atoms with Crippen molar-refractivity contribution in [3.05, 3.63) is 29.6 Å². The van der Waals surface area contributed by atoms with Gasteiger partial charge in [0.25, 0.3) is 5.91 Å². The number of hydrogen-bond donors (Lipinski definition) is 2. The summed E-state index contributed by atoms with van der Waals surface area (Å²) in [5, 5.41) is 6.28. The Kier molecular flexibility index (Phi) is 3.85. The molecule has 1 heterocycles. The maximum Gasteiger partial charge on any atom is 0.251 e. The fraction of sp³-hybridized carbons (Fsp3) is 0.562. The van der Waals surface area contributed by atoms with Crippen LogP contribution in [0.4, 0.5) is 4.39 Å². The van der Waals surface area contributed by atoms with Gasteiger partial charge in [-0.1, -0.05) is 0 Å². The molecule has 1 aromatic rings. The van der Waals surface area contributed by atoms with Gasteiger partial charge in [-0.25, -0.2) is 4.39 Å². The van der Waals surface area contributed by atoms with Crippen molar-refractivity contribution >= 4 is 5.91 Å². The average Bonchev–Trinajstić information content (AvgIpc) is 2.87. The normalized spacial score (nSPS) is 26.6. The Morgan fingerprint density at radius 2 is 2.14 bits per heavy atom. The SMILES string of the molecule is CC(C)Oc1cc(C(=O)NCC2C3CNCC32)ccc1F. The predicted molar refractivity (Wildman–Crippen MR) is 77.8 cm³/mol. The van der Waals surface area contributed by atoms with Gasteiger partial charge >= 0.3 is 0 Å². The topological polar surface area (TPSA) is 50.4 Å². The number of nitrogens with one attached hydrogen (secondary N) is 2. The molecule has 1 aliphatic carbocycles. The first kappa shape index (κ1) is 14.3. The molecule has 2 unspecified atom stereocenters. The highest BCUT2D eigenvalue weighted by Crippen LogP contribution is 2.47. The lowest BCUT2D eigenvalue weighted by Gasteiger charge is -2.12. The number of halogens is 1. The van der Waals surface area contributed by atoms with Crippen molar-refractivity contribution in [2.75, 3.05) is 19.6 Å². The molecule has 2 atom stereocenters. The Morgan fingerprint density at radius 1 is 1.43 bits per heavy atom. The van der Waals surface area contributed by atoms with Gasteiger partial charge in [0, 0.05) is 12.1 Å². The number of amides is 1. The van der Waals surface area contributed by atoms with Crippen LogP contribution in [0.2, 0.25) is 0 Å². The lowest BCUT2D eigenvalue weighted by molar-refractivity contribution is 0.0949. The van der Waals surface area contributed by atoms with E-state index in [2.05, 4.69) is 10.6 Å². The molecular formula is C16H21FN2O2. The van der Waals surface area contributed by atoms with E-state index in [1.807, 2.05) is 13.8 Å². The predicted octanol–water partition coefficient (Wildman–Crippen LogP) is 1.81. The molecule has 0 aromatic heterocycles. The van der Waals surface area contributed by atoms with Gasteiger partial charge in [-0.2, -0.15) is 0 Å². The van der Waals surface area contributed by atoms with Crippen LogP contribution in [-0.2, 0) is 0 Å². The van der Waals surface area contributed by atoms with E-state index in [9.17, 15) is 9.18 Å². The standard InChI is InChI=1S/C16H21FN2O2/c1-9(2)21-15-5-10(3-4-14(15)17)16(20)19-8-13-11-6-18-7-12(11)13/h3-5,9,11-13,18H,6-8H2,1-2H3,(H,19,20). The third-order valence-corrected chi connectivity index (χ3v) is 4.32. The molecule has 21 heavy (non-hydrogen) atoms. The minimum atomic E-state index is -0.442. The number of hydrogen-bond acceptors (Lipinski definition) is 3. The highest BCUT2D eigenvalue weighted by atomic mass is 19.1. The number of piperidine rings is 1. The molecule has 0 bridgehead atoms. The summed E-state index contributed by atoms with van der Waals surface area (Å²) in [6.45, 7) is 6.48. The summed E-state index contributed by atoms with van der Waals surface area (Å²) in [4.78, 5) is 12.1. The Labute approximate surface area is 124 Å². The Balaban J connectivity index is 1.59. The zero-order valence-electron chi connectivity index (χ0n) is 12.4. The number of carbonyl (C=O) groups is 1. The number of ether oxygens (including phenoxy) is 1. The van der Waals surface area contributed by atoms with E-state index >= 15 is 0 Å². The van der Waals surface area contributed by atoms with Gasteiger partial charge in [-0.15, -0.1) is 0 Å². The van der Waals surface area contributed by atoms with E-state index < -0.39 is 5.82 Å². The first-order valence-electron chi connectivity index (χ1n) is 7.51. The van der Waals surface area contributed by atoms with Gasteiger partial charge in [0.1, 0.15) is 0 Å². The lowest BCUT2D eigenvalue weighted by Crippen LogP contribution is -2.28. The van der Waals surface area contributed by atoms with Crippen LogP contribution in [-0.4, -0.2) is 31.6 Å². The molecule has 1 amide bonds. The zero-order chi connectivity index (χ0) is 15.0. The highest BCUT2D eigenvalue weighted by molar-refractivity contribution is 5.94. The van der Waals surface area contributed by atoms with Gasteiger partial charge in [0.05, 0.1) is 6.10 Å². The molecule has 1 saturated carbocycles. The summed E-state index contributed by atoms with van der Waals surface area (Å²) in [6, 6.07) is 4.25. The highest BCUT2D eigenvalue weighted by Gasteiger charge is 2.52. The fourth-order valence-electron chi connectivity index (χ4n) is 3.15. The largest absolute Gasteiger partial charge is 0.488 e. The molecule has 4 nitrogen and oxygen atoms in total. The lowest BCUT2D eigenvalue weighted by atomic mass is 10.2. The van der Waals surface area contributed by atoms with E-state index in [-0.39, 0.29) is 17.8 Å².